The van der Waals surface area contributed by atoms with Crippen molar-refractivity contribution < 1.29 is 34.2 Å². The van der Waals surface area contributed by atoms with Crippen molar-refractivity contribution in [1.29, 1.82) is 0 Å². The number of hydrogen-bond donors (Lipinski definition) is 7. The fourth-order valence-corrected chi connectivity index (χ4v) is 2.56. The third-order valence-corrected chi connectivity index (χ3v) is 4.52. The Bertz CT molecular complexity index is 577. The van der Waals surface area contributed by atoms with Crippen molar-refractivity contribution in [3.8, 4) is 0 Å². The number of thioether (sulfide) groups is 1. The number of carboxylic acid groups (broad SMARTS) is 2. The van der Waals surface area contributed by atoms with Crippen LogP contribution in [0.1, 0.15) is 19.3 Å². The van der Waals surface area contributed by atoms with Crippen LogP contribution in [0.2, 0.25) is 0 Å². The van der Waals surface area contributed by atoms with Crippen LogP contribution in [0, 0.1) is 0 Å². The molecule has 13 heteroatoms. The molecule has 0 aromatic heterocycles. The minimum absolute atomic E-state index is 0.0220. The third-order valence-electron chi connectivity index (χ3n) is 3.48. The predicted molar refractivity (Wildman–Crippen MR) is 106 cm³/mol. The number of thiol groups is 1. The molecule has 0 aliphatic rings. The van der Waals surface area contributed by atoms with E-state index in [1.165, 1.54) is 11.8 Å². The first-order valence-electron chi connectivity index (χ1n) is 8.29. The maximum Gasteiger partial charge on any atom is 0.326 e. The van der Waals surface area contributed by atoms with E-state index in [-0.39, 0.29) is 18.6 Å². The van der Waals surface area contributed by atoms with Crippen molar-refractivity contribution >= 4 is 54.1 Å². The molecule has 0 saturated heterocycles. The molecule has 0 bridgehead atoms. The first kappa shape index (κ1) is 26.0. The molecule has 0 rings (SSSR count). The smallest absolute Gasteiger partial charge is 0.326 e. The zero-order valence-electron chi connectivity index (χ0n) is 15.3. The lowest BCUT2D eigenvalue weighted by Gasteiger charge is -2.20. The standard InChI is InChI=1S/C15H26N4O7S2/c1-28-5-4-10(15(25)26)18-11(20)6-17-14(24)9(2-3-12(21)22)19-13(23)8(16)7-27/h8-10,27H,2-7,16H2,1H3,(H,17,24)(H,18,20)(H,19,23)(H,21,22)(H,25,26). The van der Waals surface area contributed by atoms with Crippen LogP contribution in [0.15, 0.2) is 0 Å². The Morgan fingerprint density at radius 2 is 1.68 bits per heavy atom. The van der Waals surface area contributed by atoms with Crippen molar-refractivity contribution in [2.24, 2.45) is 5.73 Å². The molecule has 7 N–H and O–H groups in total. The number of rotatable bonds is 14. The lowest BCUT2D eigenvalue weighted by Crippen LogP contribution is -2.54. The summed E-state index contributed by atoms with van der Waals surface area (Å²) in [6, 6.07) is -3.29. The molecule has 160 valence electrons. The SMILES string of the molecule is CSCCC(NC(=O)CNC(=O)C(CCC(=O)O)NC(=O)C(N)CS)C(=O)O. The van der Waals surface area contributed by atoms with E-state index in [9.17, 15) is 24.0 Å². The van der Waals surface area contributed by atoms with Crippen molar-refractivity contribution in [2.75, 3.05) is 24.3 Å². The monoisotopic (exact) mass is 438 g/mol. The van der Waals surface area contributed by atoms with E-state index in [0.717, 1.165) is 0 Å². The Morgan fingerprint density at radius 3 is 2.18 bits per heavy atom. The summed E-state index contributed by atoms with van der Waals surface area (Å²) in [7, 11) is 0. The number of aliphatic carboxylic acids is 2. The highest BCUT2D eigenvalue weighted by Crippen LogP contribution is 2.02. The molecule has 0 heterocycles. The van der Waals surface area contributed by atoms with Crippen LogP contribution in [0.25, 0.3) is 0 Å². The second-order valence-corrected chi connectivity index (χ2v) is 7.09. The number of carbonyl (C=O) groups excluding carboxylic acids is 3. The number of nitrogens with one attached hydrogen (secondary N) is 3. The van der Waals surface area contributed by atoms with E-state index in [1.807, 2.05) is 0 Å². The molecule has 0 aromatic rings. The first-order valence-corrected chi connectivity index (χ1v) is 10.3. The highest BCUT2D eigenvalue weighted by molar-refractivity contribution is 7.98. The van der Waals surface area contributed by atoms with E-state index < -0.39 is 60.8 Å². The average Bonchev–Trinajstić information content (AvgIpc) is 2.64. The molecule has 0 spiro atoms. The number of carbonyl (C=O) groups is 5. The Balaban J connectivity index is 4.77. The molecule has 0 aromatic carbocycles. The molecule has 0 radical (unpaired) electrons. The first-order chi connectivity index (χ1) is 13.1. The topological polar surface area (TPSA) is 188 Å². The van der Waals surface area contributed by atoms with Gasteiger partial charge in [0.1, 0.15) is 12.1 Å². The van der Waals surface area contributed by atoms with Crippen LogP contribution < -0.4 is 21.7 Å². The van der Waals surface area contributed by atoms with Crippen molar-refractivity contribution in [1.82, 2.24) is 16.0 Å². The van der Waals surface area contributed by atoms with E-state index in [2.05, 4.69) is 28.6 Å². The van der Waals surface area contributed by atoms with Gasteiger partial charge in [0.05, 0.1) is 12.6 Å². The van der Waals surface area contributed by atoms with Crippen molar-refractivity contribution in [2.45, 2.75) is 37.4 Å². The van der Waals surface area contributed by atoms with Crippen LogP contribution in [-0.2, 0) is 24.0 Å². The zero-order chi connectivity index (χ0) is 21.7. The molecule has 3 unspecified atom stereocenters. The van der Waals surface area contributed by atoms with Crippen LogP contribution in [0.3, 0.4) is 0 Å². The zero-order valence-corrected chi connectivity index (χ0v) is 17.1. The molecular weight excluding hydrogens is 412 g/mol. The van der Waals surface area contributed by atoms with Gasteiger partial charge in [0.25, 0.3) is 0 Å². The Hall–Kier alpha value is -1.99. The Morgan fingerprint density at radius 1 is 1.04 bits per heavy atom. The van der Waals surface area contributed by atoms with Gasteiger partial charge >= 0.3 is 11.9 Å². The molecule has 0 aliphatic carbocycles. The van der Waals surface area contributed by atoms with Gasteiger partial charge in [-0.3, -0.25) is 19.2 Å². The molecule has 0 fully saturated rings. The number of nitrogens with two attached hydrogens (primary N) is 1. The van der Waals surface area contributed by atoms with Gasteiger partial charge in [0.15, 0.2) is 0 Å². The van der Waals surface area contributed by atoms with Crippen molar-refractivity contribution in [3.05, 3.63) is 0 Å². The van der Waals surface area contributed by atoms with Gasteiger partial charge in [-0.25, -0.2) is 4.79 Å². The van der Waals surface area contributed by atoms with E-state index >= 15 is 0 Å². The molecule has 0 saturated carbocycles. The number of amides is 3. The normalized spacial score (nSPS) is 13.7. The summed E-state index contributed by atoms with van der Waals surface area (Å²) < 4.78 is 0. The number of hydrogen-bond acceptors (Lipinski definition) is 8. The summed E-state index contributed by atoms with van der Waals surface area (Å²) >= 11 is 5.30. The second kappa shape index (κ2) is 14.1. The summed E-state index contributed by atoms with van der Waals surface area (Å²) in [5, 5.41) is 24.7. The summed E-state index contributed by atoms with van der Waals surface area (Å²) in [5.41, 5.74) is 5.51. The average molecular weight is 439 g/mol. The van der Waals surface area contributed by atoms with Gasteiger partial charge in [-0.1, -0.05) is 0 Å². The highest BCUT2D eigenvalue weighted by atomic mass is 32.2. The fraction of sp³-hybridized carbons (Fsp3) is 0.667. The fourth-order valence-electron chi connectivity index (χ4n) is 1.93. The van der Waals surface area contributed by atoms with E-state index in [4.69, 9.17) is 15.9 Å². The van der Waals surface area contributed by atoms with Gasteiger partial charge in [-0.2, -0.15) is 24.4 Å². The third kappa shape index (κ3) is 11.0. The van der Waals surface area contributed by atoms with Gasteiger partial charge < -0.3 is 31.9 Å². The Kier molecular flexibility index (Phi) is 13.1. The molecule has 3 amide bonds. The van der Waals surface area contributed by atoms with Crippen LogP contribution in [-0.4, -0.2) is 82.3 Å². The lowest BCUT2D eigenvalue weighted by molar-refractivity contribution is -0.141. The van der Waals surface area contributed by atoms with Crippen LogP contribution in [0.4, 0.5) is 0 Å². The van der Waals surface area contributed by atoms with Crippen LogP contribution in [0.5, 0.6) is 0 Å². The maximum atomic E-state index is 12.2. The largest absolute Gasteiger partial charge is 0.481 e. The predicted octanol–water partition coefficient (Wildman–Crippen LogP) is -1.97. The lowest BCUT2D eigenvalue weighted by atomic mass is 10.1. The van der Waals surface area contributed by atoms with Gasteiger partial charge in [-0.05, 0) is 24.9 Å². The molecule has 0 aliphatic heterocycles. The maximum absolute atomic E-state index is 12.2. The van der Waals surface area contributed by atoms with Crippen molar-refractivity contribution in [3.63, 3.8) is 0 Å². The minimum atomic E-state index is -1.21. The summed E-state index contributed by atoms with van der Waals surface area (Å²) in [6.07, 6.45) is 1.41. The molecule has 28 heavy (non-hydrogen) atoms. The highest BCUT2D eigenvalue weighted by Gasteiger charge is 2.25. The number of carboxylic acids is 2. The van der Waals surface area contributed by atoms with Crippen LogP contribution >= 0.6 is 24.4 Å². The molecule has 3 atom stereocenters. The van der Waals surface area contributed by atoms with E-state index in [1.54, 1.807) is 6.26 Å². The second-order valence-electron chi connectivity index (χ2n) is 5.74. The Labute approximate surface area is 172 Å². The summed E-state index contributed by atoms with van der Waals surface area (Å²) in [4.78, 5) is 57.8. The summed E-state index contributed by atoms with van der Waals surface area (Å²) in [6.45, 7) is -0.528. The van der Waals surface area contributed by atoms with Gasteiger partial charge in [0, 0.05) is 12.2 Å². The minimum Gasteiger partial charge on any atom is -0.481 e. The molecule has 11 nitrogen and oxygen atoms in total. The van der Waals surface area contributed by atoms with E-state index in [0.29, 0.717) is 5.75 Å². The van der Waals surface area contributed by atoms with Gasteiger partial charge in [0.2, 0.25) is 17.7 Å². The summed E-state index contributed by atoms with van der Waals surface area (Å²) in [5.74, 6) is -4.01. The van der Waals surface area contributed by atoms with Gasteiger partial charge in [-0.15, -0.1) is 0 Å². The molecular formula is C15H26N4O7S2. The quantitative estimate of drug-likeness (QED) is 0.151.